The highest BCUT2D eigenvalue weighted by atomic mass is 16.6. The largest absolute Gasteiger partial charge is 0.394 e. The van der Waals surface area contributed by atoms with Gasteiger partial charge < -0.3 is 5.11 Å². The van der Waals surface area contributed by atoms with E-state index in [0.29, 0.717) is 13.2 Å². The van der Waals surface area contributed by atoms with Gasteiger partial charge in [0.2, 0.25) is 0 Å². The predicted octanol–water partition coefficient (Wildman–Crippen LogP) is -0.666. The lowest BCUT2D eigenvalue weighted by Gasteiger charge is -1.97. The molecule has 0 amide bonds. The summed E-state index contributed by atoms with van der Waals surface area (Å²) in [6.45, 7) is 4.35. The Morgan fingerprint density at radius 1 is 1.71 bits per heavy atom. The number of hydroxylamine groups is 1. The Morgan fingerprint density at radius 2 is 2.43 bits per heavy atom. The Labute approximate surface area is 43.2 Å². The summed E-state index contributed by atoms with van der Waals surface area (Å²) < 4.78 is 0. The van der Waals surface area contributed by atoms with Crippen molar-refractivity contribution in [2.45, 2.75) is 0 Å². The van der Waals surface area contributed by atoms with E-state index in [2.05, 4.69) is 17.2 Å². The van der Waals surface area contributed by atoms with Crippen LogP contribution in [0.5, 0.6) is 0 Å². The molecule has 0 bridgehead atoms. The molecule has 1 radical (unpaired) electrons. The molecule has 0 aromatic carbocycles. The van der Waals surface area contributed by atoms with Gasteiger partial charge in [0.1, 0.15) is 0 Å². The molecule has 3 heteroatoms. The fourth-order valence-electron chi connectivity index (χ4n) is 0.190. The van der Waals surface area contributed by atoms with E-state index in [1.54, 1.807) is 0 Å². The van der Waals surface area contributed by atoms with Crippen molar-refractivity contribution in [2.75, 3.05) is 19.8 Å². The van der Waals surface area contributed by atoms with Gasteiger partial charge in [0.25, 0.3) is 0 Å². The molecule has 0 heterocycles. The molecule has 0 aromatic rings. The van der Waals surface area contributed by atoms with E-state index in [1.165, 1.54) is 0 Å². The summed E-state index contributed by atoms with van der Waals surface area (Å²) in [6, 6.07) is 0. The van der Waals surface area contributed by atoms with Crippen LogP contribution in [0, 0.1) is 6.92 Å². The first-order valence-electron chi connectivity index (χ1n) is 2.16. The van der Waals surface area contributed by atoms with Crippen LogP contribution in [-0.4, -0.2) is 24.9 Å². The summed E-state index contributed by atoms with van der Waals surface area (Å²) in [5.74, 6) is 0. The topological polar surface area (TPSA) is 41.5 Å². The minimum atomic E-state index is 0.0486. The van der Waals surface area contributed by atoms with E-state index in [1.807, 2.05) is 0 Å². The summed E-state index contributed by atoms with van der Waals surface area (Å²) in [7, 11) is 0. The molecule has 0 rings (SSSR count). The van der Waals surface area contributed by atoms with Gasteiger partial charge in [0, 0.05) is 6.54 Å². The molecule has 3 nitrogen and oxygen atoms in total. The van der Waals surface area contributed by atoms with Crippen molar-refractivity contribution in [3.8, 4) is 0 Å². The van der Waals surface area contributed by atoms with Crippen LogP contribution in [0.15, 0.2) is 0 Å². The first-order chi connectivity index (χ1) is 3.41. The Balaban J connectivity index is 2.45. The Hall–Kier alpha value is -0.120. The first kappa shape index (κ1) is 6.88. The molecule has 0 aliphatic carbocycles. The van der Waals surface area contributed by atoms with Gasteiger partial charge in [-0.3, -0.25) is 4.84 Å². The Bertz CT molecular complexity index is 28.9. The minimum absolute atomic E-state index is 0.0486. The number of hydrogen-bond donors (Lipinski definition) is 2. The van der Waals surface area contributed by atoms with E-state index < -0.39 is 0 Å². The van der Waals surface area contributed by atoms with E-state index >= 15 is 0 Å². The van der Waals surface area contributed by atoms with Crippen molar-refractivity contribution in [2.24, 2.45) is 0 Å². The molecule has 0 spiro atoms. The number of nitrogens with one attached hydrogen (secondary N) is 1. The monoisotopic (exact) mass is 104 g/mol. The van der Waals surface area contributed by atoms with Crippen LogP contribution in [0.1, 0.15) is 0 Å². The van der Waals surface area contributed by atoms with Gasteiger partial charge in [0.05, 0.1) is 13.2 Å². The Morgan fingerprint density at radius 3 is 2.86 bits per heavy atom. The number of aliphatic hydroxyl groups excluding tert-OH is 1. The lowest BCUT2D eigenvalue weighted by molar-refractivity contribution is 0.0233. The highest BCUT2D eigenvalue weighted by Gasteiger charge is 1.76. The van der Waals surface area contributed by atoms with Gasteiger partial charge in [-0.05, 0) is 6.92 Å². The van der Waals surface area contributed by atoms with E-state index in [9.17, 15) is 0 Å². The maximum atomic E-state index is 8.11. The molecule has 0 unspecified atom stereocenters. The third-order valence-corrected chi connectivity index (χ3v) is 0.397. The van der Waals surface area contributed by atoms with Crippen molar-refractivity contribution in [1.29, 1.82) is 0 Å². The second-order valence-corrected chi connectivity index (χ2v) is 0.966. The Kier molecular flexibility index (Phi) is 5.78. The summed E-state index contributed by atoms with van der Waals surface area (Å²) in [4.78, 5) is 4.57. The first-order valence-corrected chi connectivity index (χ1v) is 2.16. The highest BCUT2D eigenvalue weighted by molar-refractivity contribution is 4.31. The second kappa shape index (κ2) is 5.88. The van der Waals surface area contributed by atoms with Crippen LogP contribution < -0.4 is 5.48 Å². The molecule has 0 saturated carbocycles. The van der Waals surface area contributed by atoms with Crippen molar-refractivity contribution < 1.29 is 9.94 Å². The quantitative estimate of drug-likeness (QED) is 0.367. The van der Waals surface area contributed by atoms with E-state index in [0.717, 1.165) is 0 Å². The molecule has 0 saturated heterocycles. The standard InChI is InChI=1S/C4H10NO2/c1-2-5-7-4-3-6/h5-6H,1-4H2. The lowest BCUT2D eigenvalue weighted by Crippen LogP contribution is -2.15. The summed E-state index contributed by atoms with van der Waals surface area (Å²) in [6.07, 6.45) is 0. The smallest absolute Gasteiger partial charge is 0.0913 e. The maximum Gasteiger partial charge on any atom is 0.0913 e. The molecule has 0 aliphatic heterocycles. The van der Waals surface area contributed by atoms with Crippen LogP contribution in [-0.2, 0) is 4.84 Å². The lowest BCUT2D eigenvalue weighted by atomic mass is 10.8. The summed E-state index contributed by atoms with van der Waals surface area (Å²) >= 11 is 0. The maximum absolute atomic E-state index is 8.11. The molecular formula is C4H10NO2. The minimum Gasteiger partial charge on any atom is -0.394 e. The van der Waals surface area contributed by atoms with Crippen molar-refractivity contribution >= 4 is 0 Å². The molecule has 0 aromatic heterocycles. The number of hydrogen-bond acceptors (Lipinski definition) is 3. The van der Waals surface area contributed by atoms with Gasteiger partial charge in [-0.2, -0.15) is 0 Å². The zero-order valence-electron chi connectivity index (χ0n) is 4.18. The third-order valence-electron chi connectivity index (χ3n) is 0.397. The molecule has 2 N–H and O–H groups in total. The van der Waals surface area contributed by atoms with Crippen LogP contribution in [0.25, 0.3) is 0 Å². The van der Waals surface area contributed by atoms with Crippen molar-refractivity contribution in [3.63, 3.8) is 0 Å². The molecule has 0 atom stereocenters. The van der Waals surface area contributed by atoms with E-state index in [-0.39, 0.29) is 6.61 Å². The van der Waals surface area contributed by atoms with Crippen molar-refractivity contribution in [3.05, 3.63) is 6.92 Å². The van der Waals surface area contributed by atoms with Gasteiger partial charge in [-0.25, -0.2) is 5.48 Å². The van der Waals surface area contributed by atoms with Gasteiger partial charge in [-0.1, -0.05) is 0 Å². The van der Waals surface area contributed by atoms with Gasteiger partial charge in [0.15, 0.2) is 0 Å². The zero-order valence-corrected chi connectivity index (χ0v) is 4.18. The molecule has 7 heavy (non-hydrogen) atoms. The van der Waals surface area contributed by atoms with Gasteiger partial charge in [-0.15, -0.1) is 0 Å². The number of aliphatic hydroxyl groups is 1. The summed E-state index contributed by atoms with van der Waals surface area (Å²) in [5.41, 5.74) is 2.48. The summed E-state index contributed by atoms with van der Waals surface area (Å²) in [5, 5.41) is 8.11. The van der Waals surface area contributed by atoms with E-state index in [4.69, 9.17) is 5.11 Å². The SMILES string of the molecule is [CH2]CNOCCO. The van der Waals surface area contributed by atoms with Crippen LogP contribution >= 0.6 is 0 Å². The molecule has 0 aliphatic rings. The fourth-order valence-corrected chi connectivity index (χ4v) is 0.190. The van der Waals surface area contributed by atoms with Crippen LogP contribution in [0.4, 0.5) is 0 Å². The number of rotatable bonds is 4. The second-order valence-electron chi connectivity index (χ2n) is 0.966. The average molecular weight is 104 g/mol. The predicted molar refractivity (Wildman–Crippen MR) is 26.4 cm³/mol. The van der Waals surface area contributed by atoms with Crippen LogP contribution in [0.3, 0.4) is 0 Å². The van der Waals surface area contributed by atoms with Crippen molar-refractivity contribution in [1.82, 2.24) is 5.48 Å². The molecule has 0 fully saturated rings. The molecular weight excluding hydrogens is 94.0 g/mol. The highest BCUT2D eigenvalue weighted by Crippen LogP contribution is 1.61. The average Bonchev–Trinajstić information content (AvgIpc) is 1.69. The van der Waals surface area contributed by atoms with Gasteiger partial charge >= 0.3 is 0 Å². The normalized spacial score (nSPS) is 9.43. The van der Waals surface area contributed by atoms with Crippen LogP contribution in [0.2, 0.25) is 0 Å². The molecule has 43 valence electrons. The zero-order chi connectivity index (χ0) is 5.54. The third kappa shape index (κ3) is 5.88. The fraction of sp³-hybridized carbons (Fsp3) is 0.750.